The van der Waals surface area contributed by atoms with Gasteiger partial charge in [-0.15, -0.1) is 0 Å². The molecule has 1 atom stereocenters. The summed E-state index contributed by atoms with van der Waals surface area (Å²) in [6.07, 6.45) is 1.56. The van der Waals surface area contributed by atoms with E-state index < -0.39 is 0 Å². The Morgan fingerprint density at radius 1 is 0.667 bits per heavy atom. The van der Waals surface area contributed by atoms with E-state index in [-0.39, 0.29) is 17.7 Å². The van der Waals surface area contributed by atoms with E-state index in [2.05, 4.69) is 10.6 Å². The second-order valence-electron chi connectivity index (χ2n) is 8.04. The highest BCUT2D eigenvalue weighted by Crippen LogP contribution is 2.39. The molecular formula is C26H36N2O8. The number of carbonyl (C=O) groups excluding carboxylic acids is 2. The molecule has 0 saturated carbocycles. The summed E-state index contributed by atoms with van der Waals surface area (Å²) in [5.41, 5.74) is 0.824. The van der Waals surface area contributed by atoms with Crippen molar-refractivity contribution in [2.24, 2.45) is 5.92 Å². The van der Waals surface area contributed by atoms with Crippen molar-refractivity contribution in [3.8, 4) is 34.5 Å². The lowest BCUT2D eigenvalue weighted by Gasteiger charge is -2.16. The van der Waals surface area contributed by atoms with Crippen molar-refractivity contribution >= 4 is 11.8 Å². The number of amides is 2. The Labute approximate surface area is 212 Å². The minimum Gasteiger partial charge on any atom is -0.493 e. The standard InChI is InChI=1S/C26H36N2O8/c1-16(15-28-26(30)18-13-21(33-4)24(36-7)22(14-18)34-5)9-8-10-27-25(29)17-11-19(31-2)23(35-6)20(12-17)32-3/h11-14,16H,8-10,15H2,1-7H3,(H,27,29)(H,28,30)/t16-/m0/s1. The van der Waals surface area contributed by atoms with Crippen molar-refractivity contribution < 1.29 is 38.0 Å². The summed E-state index contributed by atoms with van der Waals surface area (Å²) < 4.78 is 31.8. The summed E-state index contributed by atoms with van der Waals surface area (Å²) in [7, 11) is 9.02. The first-order chi connectivity index (χ1) is 17.3. The smallest absolute Gasteiger partial charge is 0.251 e. The summed E-state index contributed by atoms with van der Waals surface area (Å²) in [5.74, 6) is 2.24. The van der Waals surface area contributed by atoms with Gasteiger partial charge in [-0.2, -0.15) is 0 Å². The molecule has 0 fully saturated rings. The van der Waals surface area contributed by atoms with Crippen molar-refractivity contribution in [1.29, 1.82) is 0 Å². The summed E-state index contributed by atoms with van der Waals surface area (Å²) in [6.45, 7) is 3.01. The molecule has 0 spiro atoms. The lowest BCUT2D eigenvalue weighted by Crippen LogP contribution is -2.29. The number of hydrogen-bond donors (Lipinski definition) is 2. The molecule has 0 aromatic heterocycles. The monoisotopic (exact) mass is 504 g/mol. The molecule has 2 aromatic rings. The molecule has 0 bridgehead atoms. The van der Waals surface area contributed by atoms with Crippen molar-refractivity contribution in [1.82, 2.24) is 10.6 Å². The summed E-state index contributed by atoms with van der Waals surface area (Å²) >= 11 is 0. The van der Waals surface area contributed by atoms with E-state index in [1.165, 1.54) is 42.7 Å². The highest BCUT2D eigenvalue weighted by molar-refractivity contribution is 5.96. The van der Waals surface area contributed by atoms with E-state index in [4.69, 9.17) is 28.4 Å². The zero-order valence-electron chi connectivity index (χ0n) is 22.0. The van der Waals surface area contributed by atoms with Crippen LogP contribution >= 0.6 is 0 Å². The highest BCUT2D eigenvalue weighted by atomic mass is 16.5. The van der Waals surface area contributed by atoms with Crippen molar-refractivity contribution in [3.63, 3.8) is 0 Å². The second-order valence-corrected chi connectivity index (χ2v) is 8.04. The molecule has 0 unspecified atom stereocenters. The number of rotatable bonds is 14. The third-order valence-electron chi connectivity index (χ3n) is 5.62. The Balaban J connectivity index is 1.85. The molecule has 0 aliphatic heterocycles. The third kappa shape index (κ3) is 7.10. The van der Waals surface area contributed by atoms with Crippen LogP contribution in [0.5, 0.6) is 34.5 Å². The molecule has 2 N–H and O–H groups in total. The predicted molar refractivity (Wildman–Crippen MR) is 135 cm³/mol. The van der Waals surface area contributed by atoms with Gasteiger partial charge in [0, 0.05) is 24.2 Å². The van der Waals surface area contributed by atoms with E-state index in [9.17, 15) is 9.59 Å². The summed E-state index contributed by atoms with van der Waals surface area (Å²) in [5, 5.41) is 5.84. The van der Waals surface area contributed by atoms with Crippen LogP contribution in [0.4, 0.5) is 0 Å². The number of nitrogens with one attached hydrogen (secondary N) is 2. The van der Waals surface area contributed by atoms with Gasteiger partial charge >= 0.3 is 0 Å². The van der Waals surface area contributed by atoms with Crippen LogP contribution in [0.25, 0.3) is 0 Å². The van der Waals surface area contributed by atoms with Crippen LogP contribution in [0.1, 0.15) is 40.5 Å². The van der Waals surface area contributed by atoms with Gasteiger partial charge in [0.15, 0.2) is 23.0 Å². The van der Waals surface area contributed by atoms with Crippen LogP contribution < -0.4 is 39.1 Å². The second kappa shape index (κ2) is 13.9. The van der Waals surface area contributed by atoms with Gasteiger partial charge in [-0.25, -0.2) is 0 Å². The lowest BCUT2D eigenvalue weighted by atomic mass is 10.1. The Bertz CT molecular complexity index is 991. The lowest BCUT2D eigenvalue weighted by molar-refractivity contribution is 0.0944. The molecule has 2 aromatic carbocycles. The van der Waals surface area contributed by atoms with Gasteiger partial charge in [0.2, 0.25) is 11.5 Å². The first kappa shape index (κ1) is 28.4. The Morgan fingerprint density at radius 3 is 1.42 bits per heavy atom. The number of hydrogen-bond acceptors (Lipinski definition) is 8. The van der Waals surface area contributed by atoms with Gasteiger partial charge in [0.1, 0.15) is 0 Å². The Kier molecular flexibility index (Phi) is 11.0. The molecule has 0 heterocycles. The van der Waals surface area contributed by atoms with Crippen LogP contribution in [0.15, 0.2) is 24.3 Å². The topological polar surface area (TPSA) is 114 Å². The van der Waals surface area contributed by atoms with Crippen molar-refractivity contribution in [2.75, 3.05) is 55.7 Å². The fourth-order valence-electron chi connectivity index (χ4n) is 3.65. The molecule has 2 amide bonds. The number of methoxy groups -OCH3 is 6. The maximum atomic E-state index is 12.7. The number of ether oxygens (including phenoxy) is 6. The fraction of sp³-hybridized carbons (Fsp3) is 0.462. The molecular weight excluding hydrogens is 468 g/mol. The van der Waals surface area contributed by atoms with Gasteiger partial charge < -0.3 is 39.1 Å². The van der Waals surface area contributed by atoms with Crippen LogP contribution in [0.3, 0.4) is 0 Å². The molecule has 198 valence electrons. The predicted octanol–water partition coefficient (Wildman–Crippen LogP) is 3.31. The fourth-order valence-corrected chi connectivity index (χ4v) is 3.65. The quantitative estimate of drug-likeness (QED) is 0.377. The maximum absolute atomic E-state index is 12.7. The van der Waals surface area contributed by atoms with Crippen LogP contribution in [-0.4, -0.2) is 67.6 Å². The van der Waals surface area contributed by atoms with Crippen LogP contribution in [-0.2, 0) is 0 Å². The van der Waals surface area contributed by atoms with E-state index >= 15 is 0 Å². The minimum atomic E-state index is -0.239. The Morgan fingerprint density at radius 2 is 1.06 bits per heavy atom. The van der Waals surface area contributed by atoms with Gasteiger partial charge in [-0.3, -0.25) is 9.59 Å². The molecule has 10 nitrogen and oxygen atoms in total. The first-order valence-corrected chi connectivity index (χ1v) is 11.5. The zero-order chi connectivity index (χ0) is 26.7. The maximum Gasteiger partial charge on any atom is 0.251 e. The molecule has 0 radical (unpaired) electrons. The zero-order valence-corrected chi connectivity index (χ0v) is 22.0. The van der Waals surface area contributed by atoms with Gasteiger partial charge in [0.25, 0.3) is 11.8 Å². The highest BCUT2D eigenvalue weighted by Gasteiger charge is 2.18. The first-order valence-electron chi connectivity index (χ1n) is 11.5. The molecule has 10 heteroatoms. The number of carbonyl (C=O) groups is 2. The number of benzene rings is 2. The minimum absolute atomic E-state index is 0.203. The largest absolute Gasteiger partial charge is 0.493 e. The summed E-state index contributed by atoms with van der Waals surface area (Å²) in [6, 6.07) is 6.44. The average molecular weight is 505 g/mol. The molecule has 0 aliphatic carbocycles. The summed E-state index contributed by atoms with van der Waals surface area (Å²) in [4.78, 5) is 25.3. The van der Waals surface area contributed by atoms with Crippen molar-refractivity contribution in [2.45, 2.75) is 19.8 Å². The van der Waals surface area contributed by atoms with Crippen molar-refractivity contribution in [3.05, 3.63) is 35.4 Å². The van der Waals surface area contributed by atoms with E-state index in [0.29, 0.717) is 58.7 Å². The average Bonchev–Trinajstić information content (AvgIpc) is 2.91. The molecule has 0 aliphatic rings. The third-order valence-corrected chi connectivity index (χ3v) is 5.62. The molecule has 2 rings (SSSR count). The van der Waals surface area contributed by atoms with E-state index in [1.807, 2.05) is 6.92 Å². The van der Waals surface area contributed by atoms with Gasteiger partial charge in [0.05, 0.1) is 42.7 Å². The SMILES string of the molecule is COc1cc(C(=O)NCCC[C@H](C)CNC(=O)c2cc(OC)c(OC)c(OC)c2)cc(OC)c1OC. The van der Waals surface area contributed by atoms with E-state index in [1.54, 1.807) is 24.3 Å². The normalized spacial score (nSPS) is 11.2. The Hall–Kier alpha value is -3.82. The van der Waals surface area contributed by atoms with Gasteiger partial charge in [-0.1, -0.05) is 6.92 Å². The molecule has 0 saturated heterocycles. The van der Waals surface area contributed by atoms with Crippen LogP contribution in [0, 0.1) is 5.92 Å². The van der Waals surface area contributed by atoms with Crippen LogP contribution in [0.2, 0.25) is 0 Å². The van der Waals surface area contributed by atoms with E-state index in [0.717, 1.165) is 12.8 Å². The molecule has 36 heavy (non-hydrogen) atoms. The van der Waals surface area contributed by atoms with Gasteiger partial charge in [-0.05, 0) is 43.0 Å².